The van der Waals surface area contributed by atoms with Gasteiger partial charge in [0.2, 0.25) is 5.91 Å². The van der Waals surface area contributed by atoms with E-state index in [0.717, 1.165) is 13.0 Å². The molecule has 0 spiro atoms. The molecule has 1 aliphatic heterocycles. The first-order valence-corrected chi connectivity index (χ1v) is 11.2. The number of halogens is 1. The first kappa shape index (κ1) is 22.7. The first-order valence-electron chi connectivity index (χ1n) is 11.2. The summed E-state index contributed by atoms with van der Waals surface area (Å²) in [7, 11) is 0. The summed E-state index contributed by atoms with van der Waals surface area (Å²) < 4.78 is 24.7. The number of hydrogen-bond donors (Lipinski definition) is 2. The van der Waals surface area contributed by atoms with Gasteiger partial charge in [0, 0.05) is 25.3 Å². The van der Waals surface area contributed by atoms with E-state index in [1.807, 2.05) is 6.92 Å². The zero-order valence-electron chi connectivity index (χ0n) is 17.8. The molecule has 2 N–H and O–H groups in total. The van der Waals surface area contributed by atoms with Gasteiger partial charge in [0.05, 0.1) is 18.2 Å². The molecular weight excluding hydrogens is 387 g/mol. The fraction of sp³-hybridized carbons (Fsp3) is 0.652. The summed E-state index contributed by atoms with van der Waals surface area (Å²) in [6, 6.07) is 3.84. The molecule has 30 heavy (non-hydrogen) atoms. The minimum absolute atomic E-state index is 0.131. The second-order valence-corrected chi connectivity index (χ2v) is 8.15. The van der Waals surface area contributed by atoms with Gasteiger partial charge in [-0.05, 0) is 49.9 Å². The maximum atomic E-state index is 14.4. The van der Waals surface area contributed by atoms with Crippen molar-refractivity contribution in [2.24, 2.45) is 11.8 Å². The molecule has 0 aromatic heterocycles. The van der Waals surface area contributed by atoms with Crippen molar-refractivity contribution in [2.75, 3.05) is 31.7 Å². The lowest BCUT2D eigenvalue weighted by Gasteiger charge is -2.30. The van der Waals surface area contributed by atoms with Crippen molar-refractivity contribution in [3.63, 3.8) is 0 Å². The van der Waals surface area contributed by atoms with E-state index in [-0.39, 0.29) is 24.1 Å². The Kier molecular flexibility index (Phi) is 8.63. The Hall–Kier alpha value is -1.99. The SMILES string of the molecule is CCOCCCOC(=O)c1ccc(NC(=O)[C@@H]2NCC[C@H]2C2CCCCC2)cc1F. The Morgan fingerprint density at radius 3 is 2.70 bits per heavy atom. The van der Waals surface area contributed by atoms with E-state index >= 15 is 0 Å². The van der Waals surface area contributed by atoms with E-state index in [9.17, 15) is 14.0 Å². The van der Waals surface area contributed by atoms with Crippen LogP contribution in [0.15, 0.2) is 18.2 Å². The Bertz CT molecular complexity index is 721. The molecule has 1 saturated carbocycles. The molecule has 7 heteroatoms. The molecule has 0 unspecified atom stereocenters. The highest BCUT2D eigenvalue weighted by Gasteiger charge is 2.38. The molecule has 1 saturated heterocycles. The van der Waals surface area contributed by atoms with Crippen LogP contribution in [-0.4, -0.2) is 44.3 Å². The smallest absolute Gasteiger partial charge is 0.341 e. The number of carbonyl (C=O) groups is 2. The third-order valence-corrected chi connectivity index (χ3v) is 6.13. The molecule has 0 radical (unpaired) electrons. The molecule has 2 atom stereocenters. The van der Waals surface area contributed by atoms with Crippen LogP contribution >= 0.6 is 0 Å². The monoisotopic (exact) mass is 420 g/mol. The number of anilines is 1. The summed E-state index contributed by atoms with van der Waals surface area (Å²) in [5, 5.41) is 6.13. The Balaban J connectivity index is 1.54. The quantitative estimate of drug-likeness (QED) is 0.468. The van der Waals surface area contributed by atoms with Crippen LogP contribution in [0.4, 0.5) is 10.1 Å². The van der Waals surface area contributed by atoms with Gasteiger partial charge in [0.1, 0.15) is 5.82 Å². The molecule has 1 aromatic rings. The Morgan fingerprint density at radius 2 is 1.97 bits per heavy atom. The standard InChI is InChI=1S/C23H33FN2O4/c1-2-29-13-6-14-30-23(28)19-10-9-17(15-20(19)24)26-22(27)21-18(11-12-25-21)16-7-4-3-5-8-16/h9-10,15-16,18,21,25H,2-8,11-14H2,1H3,(H,26,27)/t18-,21+/m0/s1. The third-order valence-electron chi connectivity index (χ3n) is 6.13. The highest BCUT2D eigenvalue weighted by Crippen LogP contribution is 2.36. The highest BCUT2D eigenvalue weighted by atomic mass is 19.1. The summed E-state index contributed by atoms with van der Waals surface area (Å²) >= 11 is 0. The van der Waals surface area contributed by atoms with Crippen LogP contribution < -0.4 is 10.6 Å². The fourth-order valence-electron chi connectivity index (χ4n) is 4.61. The molecular formula is C23H33FN2O4. The number of esters is 1. The Morgan fingerprint density at radius 1 is 1.17 bits per heavy atom. The zero-order valence-corrected chi connectivity index (χ0v) is 17.8. The average Bonchev–Trinajstić information content (AvgIpc) is 3.24. The van der Waals surface area contributed by atoms with Crippen molar-refractivity contribution in [2.45, 2.75) is 57.9 Å². The molecule has 1 aromatic carbocycles. The van der Waals surface area contributed by atoms with E-state index in [4.69, 9.17) is 9.47 Å². The van der Waals surface area contributed by atoms with E-state index in [1.165, 1.54) is 44.2 Å². The predicted molar refractivity (Wildman–Crippen MR) is 113 cm³/mol. The van der Waals surface area contributed by atoms with Crippen molar-refractivity contribution in [1.82, 2.24) is 5.32 Å². The second kappa shape index (κ2) is 11.4. The number of ether oxygens (including phenoxy) is 2. The van der Waals surface area contributed by atoms with Crippen LogP contribution in [0, 0.1) is 17.7 Å². The number of benzene rings is 1. The highest BCUT2D eigenvalue weighted by molar-refractivity contribution is 5.96. The number of amides is 1. The van der Waals surface area contributed by atoms with Gasteiger partial charge in [-0.3, -0.25) is 4.79 Å². The molecule has 2 aliphatic rings. The van der Waals surface area contributed by atoms with Gasteiger partial charge in [-0.1, -0.05) is 32.1 Å². The summed E-state index contributed by atoms with van der Waals surface area (Å²) in [6.07, 6.45) is 7.71. The molecule has 0 bridgehead atoms. The molecule has 166 valence electrons. The normalized spacial score (nSPS) is 22.1. The molecule has 1 aliphatic carbocycles. The van der Waals surface area contributed by atoms with Crippen LogP contribution in [0.3, 0.4) is 0 Å². The molecule has 2 fully saturated rings. The zero-order chi connectivity index (χ0) is 21.3. The predicted octanol–water partition coefficient (Wildman–Crippen LogP) is 3.91. The van der Waals surface area contributed by atoms with Gasteiger partial charge >= 0.3 is 5.97 Å². The maximum Gasteiger partial charge on any atom is 0.341 e. The summed E-state index contributed by atoms with van der Waals surface area (Å²) in [5.41, 5.74) is 0.213. The first-order chi connectivity index (χ1) is 14.6. The van der Waals surface area contributed by atoms with Gasteiger partial charge in [0.25, 0.3) is 0 Å². The minimum atomic E-state index is -0.711. The molecule has 6 nitrogen and oxygen atoms in total. The molecule has 1 amide bonds. The van der Waals surface area contributed by atoms with E-state index in [0.29, 0.717) is 37.2 Å². The van der Waals surface area contributed by atoms with Crippen LogP contribution in [0.5, 0.6) is 0 Å². The van der Waals surface area contributed by atoms with Crippen LogP contribution in [0.25, 0.3) is 0 Å². The van der Waals surface area contributed by atoms with Crippen LogP contribution in [-0.2, 0) is 14.3 Å². The lowest BCUT2D eigenvalue weighted by atomic mass is 9.76. The van der Waals surface area contributed by atoms with Crippen molar-refractivity contribution < 1.29 is 23.5 Å². The largest absolute Gasteiger partial charge is 0.462 e. The lowest BCUT2D eigenvalue weighted by molar-refractivity contribution is -0.119. The maximum absolute atomic E-state index is 14.4. The summed E-state index contributed by atoms with van der Waals surface area (Å²) in [5.74, 6) is -0.626. The van der Waals surface area contributed by atoms with Crippen LogP contribution in [0.2, 0.25) is 0 Å². The minimum Gasteiger partial charge on any atom is -0.462 e. The summed E-state index contributed by atoms with van der Waals surface area (Å²) in [6.45, 7) is 4.00. The van der Waals surface area contributed by atoms with Gasteiger partial charge in [0.15, 0.2) is 0 Å². The summed E-state index contributed by atoms with van der Waals surface area (Å²) in [4.78, 5) is 24.9. The van der Waals surface area contributed by atoms with Crippen molar-refractivity contribution in [3.8, 4) is 0 Å². The van der Waals surface area contributed by atoms with Gasteiger partial charge in [-0.25, -0.2) is 9.18 Å². The van der Waals surface area contributed by atoms with Gasteiger partial charge < -0.3 is 20.1 Å². The average molecular weight is 421 g/mol. The van der Waals surface area contributed by atoms with Crippen molar-refractivity contribution in [3.05, 3.63) is 29.6 Å². The third kappa shape index (κ3) is 6.01. The fourth-order valence-corrected chi connectivity index (χ4v) is 4.61. The van der Waals surface area contributed by atoms with Gasteiger partial charge in [-0.15, -0.1) is 0 Å². The topological polar surface area (TPSA) is 76.7 Å². The molecule has 1 heterocycles. The van der Waals surface area contributed by atoms with E-state index < -0.39 is 11.8 Å². The van der Waals surface area contributed by atoms with Crippen LogP contribution in [0.1, 0.15) is 62.2 Å². The number of rotatable bonds is 9. The molecule has 3 rings (SSSR count). The second-order valence-electron chi connectivity index (χ2n) is 8.15. The Labute approximate surface area is 177 Å². The van der Waals surface area contributed by atoms with Crippen molar-refractivity contribution in [1.29, 1.82) is 0 Å². The van der Waals surface area contributed by atoms with E-state index in [1.54, 1.807) is 6.07 Å². The van der Waals surface area contributed by atoms with Crippen molar-refractivity contribution >= 4 is 17.6 Å². The number of carbonyl (C=O) groups excluding carboxylic acids is 2. The number of nitrogens with one attached hydrogen (secondary N) is 2. The number of hydrogen-bond acceptors (Lipinski definition) is 5. The lowest BCUT2D eigenvalue weighted by Crippen LogP contribution is -2.42. The van der Waals surface area contributed by atoms with Gasteiger partial charge in [-0.2, -0.15) is 0 Å². The van der Waals surface area contributed by atoms with E-state index in [2.05, 4.69) is 10.6 Å².